The molecule has 3 heterocycles. The number of likely N-dealkylation sites (tertiary alicyclic amines) is 1. The number of carbonyl (C=O) groups is 1. The Morgan fingerprint density at radius 3 is 2.95 bits per heavy atom. The van der Waals surface area contributed by atoms with Gasteiger partial charge in [-0.3, -0.25) is 9.78 Å². The van der Waals surface area contributed by atoms with E-state index in [1.165, 1.54) is 5.56 Å². The summed E-state index contributed by atoms with van der Waals surface area (Å²) < 4.78 is 0. The van der Waals surface area contributed by atoms with Crippen LogP contribution in [0.1, 0.15) is 21.8 Å². The number of amides is 1. The standard InChI is InChI=1S/C18H19N3O/c1-21-10-13-9-20-18(22)15-8-12(17-4-2-3-7-19-17)5-6-14(15)16(13)11-21/h2-8,13,16H,9-11H2,1H3,(H,20,22)/t13-,16-/m0/s1. The molecular weight excluding hydrogens is 274 g/mol. The third-order valence-electron chi connectivity index (χ3n) is 4.81. The number of likely N-dealkylation sites (N-methyl/N-ethyl adjacent to an activating group) is 1. The fourth-order valence-electron chi connectivity index (χ4n) is 3.73. The molecule has 0 spiro atoms. The van der Waals surface area contributed by atoms with Crippen LogP contribution in [-0.2, 0) is 0 Å². The highest BCUT2D eigenvalue weighted by Gasteiger charge is 2.36. The maximum absolute atomic E-state index is 12.5. The van der Waals surface area contributed by atoms with Crippen molar-refractivity contribution in [3.05, 3.63) is 53.7 Å². The molecule has 22 heavy (non-hydrogen) atoms. The molecule has 1 aromatic carbocycles. The molecule has 4 heteroatoms. The molecule has 2 aliphatic heterocycles. The SMILES string of the molecule is CN1C[C@@H]2CNC(=O)c3cc(-c4ccccn4)ccc3[C@H]2C1. The van der Waals surface area contributed by atoms with Gasteiger partial charge in [0.1, 0.15) is 0 Å². The minimum Gasteiger partial charge on any atom is -0.352 e. The van der Waals surface area contributed by atoms with Crippen molar-refractivity contribution in [2.45, 2.75) is 5.92 Å². The summed E-state index contributed by atoms with van der Waals surface area (Å²) in [6, 6.07) is 12.1. The molecule has 0 aliphatic carbocycles. The Balaban J connectivity index is 1.80. The van der Waals surface area contributed by atoms with Crippen molar-refractivity contribution in [3.63, 3.8) is 0 Å². The Bertz CT molecular complexity index is 714. The maximum Gasteiger partial charge on any atom is 0.251 e. The van der Waals surface area contributed by atoms with Gasteiger partial charge in [0.2, 0.25) is 0 Å². The van der Waals surface area contributed by atoms with Gasteiger partial charge >= 0.3 is 0 Å². The molecule has 0 radical (unpaired) electrons. The first-order chi connectivity index (χ1) is 10.7. The average Bonchev–Trinajstić information content (AvgIpc) is 2.88. The molecule has 1 amide bonds. The van der Waals surface area contributed by atoms with E-state index in [4.69, 9.17) is 0 Å². The van der Waals surface area contributed by atoms with Gasteiger partial charge in [0.05, 0.1) is 5.69 Å². The van der Waals surface area contributed by atoms with Gasteiger partial charge in [0, 0.05) is 42.9 Å². The van der Waals surface area contributed by atoms with E-state index >= 15 is 0 Å². The summed E-state index contributed by atoms with van der Waals surface area (Å²) in [4.78, 5) is 19.2. The quantitative estimate of drug-likeness (QED) is 0.876. The van der Waals surface area contributed by atoms with Gasteiger partial charge in [-0.1, -0.05) is 18.2 Å². The summed E-state index contributed by atoms with van der Waals surface area (Å²) in [5.41, 5.74) is 3.90. The largest absolute Gasteiger partial charge is 0.352 e. The first kappa shape index (κ1) is 13.5. The normalized spacial score (nSPS) is 24.3. The average molecular weight is 293 g/mol. The summed E-state index contributed by atoms with van der Waals surface area (Å²) in [7, 11) is 2.15. The van der Waals surface area contributed by atoms with Crippen LogP contribution in [0.5, 0.6) is 0 Å². The van der Waals surface area contributed by atoms with Crippen LogP contribution >= 0.6 is 0 Å². The molecule has 4 nitrogen and oxygen atoms in total. The van der Waals surface area contributed by atoms with Crippen molar-refractivity contribution in [1.29, 1.82) is 0 Å². The Kier molecular flexibility index (Phi) is 3.19. The molecule has 0 bridgehead atoms. The van der Waals surface area contributed by atoms with Crippen LogP contribution in [0.4, 0.5) is 0 Å². The van der Waals surface area contributed by atoms with E-state index < -0.39 is 0 Å². The zero-order valence-corrected chi connectivity index (χ0v) is 12.6. The van der Waals surface area contributed by atoms with Crippen LogP contribution in [0, 0.1) is 5.92 Å². The van der Waals surface area contributed by atoms with Crippen molar-refractivity contribution < 1.29 is 4.79 Å². The molecular formula is C18H19N3O. The predicted octanol–water partition coefficient (Wildman–Crippen LogP) is 2.14. The Morgan fingerprint density at radius 2 is 2.14 bits per heavy atom. The second-order valence-corrected chi connectivity index (χ2v) is 6.31. The lowest BCUT2D eigenvalue weighted by Crippen LogP contribution is -2.29. The smallest absolute Gasteiger partial charge is 0.251 e. The summed E-state index contributed by atoms with van der Waals surface area (Å²) in [5.74, 6) is 0.998. The topological polar surface area (TPSA) is 45.2 Å². The van der Waals surface area contributed by atoms with E-state index in [0.29, 0.717) is 11.8 Å². The lowest BCUT2D eigenvalue weighted by molar-refractivity contribution is 0.0951. The number of pyridine rings is 1. The van der Waals surface area contributed by atoms with Gasteiger partial charge in [0.15, 0.2) is 0 Å². The molecule has 112 valence electrons. The molecule has 0 unspecified atom stereocenters. The van der Waals surface area contributed by atoms with Crippen molar-refractivity contribution >= 4 is 5.91 Å². The number of rotatable bonds is 1. The zero-order chi connectivity index (χ0) is 15.1. The highest BCUT2D eigenvalue weighted by Crippen LogP contribution is 2.36. The van der Waals surface area contributed by atoms with Crippen LogP contribution in [0.25, 0.3) is 11.3 Å². The van der Waals surface area contributed by atoms with E-state index in [0.717, 1.165) is 36.5 Å². The van der Waals surface area contributed by atoms with Crippen LogP contribution in [0.3, 0.4) is 0 Å². The van der Waals surface area contributed by atoms with Gasteiger partial charge in [-0.05, 0) is 36.7 Å². The van der Waals surface area contributed by atoms with Crippen LogP contribution < -0.4 is 5.32 Å². The molecule has 1 fully saturated rings. The Hall–Kier alpha value is -2.20. The Morgan fingerprint density at radius 1 is 1.23 bits per heavy atom. The van der Waals surface area contributed by atoms with Crippen molar-refractivity contribution in [1.82, 2.24) is 15.2 Å². The molecule has 4 rings (SSSR count). The number of nitrogens with zero attached hydrogens (tertiary/aromatic N) is 2. The van der Waals surface area contributed by atoms with Gasteiger partial charge in [-0.2, -0.15) is 0 Å². The lowest BCUT2D eigenvalue weighted by atomic mass is 9.86. The molecule has 1 saturated heterocycles. The van der Waals surface area contributed by atoms with E-state index in [1.54, 1.807) is 6.20 Å². The van der Waals surface area contributed by atoms with E-state index in [2.05, 4.69) is 34.4 Å². The third kappa shape index (κ3) is 2.20. The first-order valence-corrected chi connectivity index (χ1v) is 7.74. The number of aromatic nitrogens is 1. The molecule has 1 aromatic heterocycles. The summed E-state index contributed by atoms with van der Waals surface area (Å²) >= 11 is 0. The van der Waals surface area contributed by atoms with Crippen molar-refractivity contribution in [2.24, 2.45) is 5.92 Å². The van der Waals surface area contributed by atoms with Crippen molar-refractivity contribution in [3.8, 4) is 11.3 Å². The van der Waals surface area contributed by atoms with Crippen LogP contribution in [0.15, 0.2) is 42.6 Å². The van der Waals surface area contributed by atoms with E-state index in [-0.39, 0.29) is 5.91 Å². The zero-order valence-electron chi connectivity index (χ0n) is 12.6. The number of hydrogen-bond acceptors (Lipinski definition) is 3. The van der Waals surface area contributed by atoms with Crippen LogP contribution in [0.2, 0.25) is 0 Å². The summed E-state index contributed by atoms with van der Waals surface area (Å²) in [5, 5.41) is 3.09. The summed E-state index contributed by atoms with van der Waals surface area (Å²) in [6.07, 6.45) is 1.78. The monoisotopic (exact) mass is 293 g/mol. The highest BCUT2D eigenvalue weighted by atomic mass is 16.1. The lowest BCUT2D eigenvalue weighted by Gasteiger charge is -2.16. The molecule has 1 N–H and O–H groups in total. The fourth-order valence-corrected chi connectivity index (χ4v) is 3.73. The second kappa shape index (κ2) is 5.21. The first-order valence-electron chi connectivity index (χ1n) is 7.74. The van der Waals surface area contributed by atoms with Gasteiger partial charge in [-0.25, -0.2) is 0 Å². The third-order valence-corrected chi connectivity index (χ3v) is 4.81. The fraction of sp³-hybridized carbons (Fsp3) is 0.333. The molecule has 2 aliphatic rings. The Labute approximate surface area is 130 Å². The van der Waals surface area contributed by atoms with Crippen molar-refractivity contribution in [2.75, 3.05) is 26.7 Å². The minimum atomic E-state index is 0.0461. The molecule has 2 aromatic rings. The molecule has 2 atom stereocenters. The highest BCUT2D eigenvalue weighted by molar-refractivity contribution is 5.97. The predicted molar refractivity (Wildman–Crippen MR) is 85.7 cm³/mol. The van der Waals surface area contributed by atoms with E-state index in [1.807, 2.05) is 24.3 Å². The van der Waals surface area contributed by atoms with E-state index in [9.17, 15) is 4.79 Å². The number of benzene rings is 1. The van der Waals surface area contributed by atoms with Gasteiger partial charge in [0.25, 0.3) is 5.91 Å². The number of nitrogens with one attached hydrogen (secondary N) is 1. The number of carbonyl (C=O) groups excluding carboxylic acids is 1. The summed E-state index contributed by atoms with van der Waals surface area (Å²) in [6.45, 7) is 2.84. The number of hydrogen-bond donors (Lipinski definition) is 1. The van der Waals surface area contributed by atoms with Crippen LogP contribution in [-0.4, -0.2) is 42.5 Å². The second-order valence-electron chi connectivity index (χ2n) is 6.31. The van der Waals surface area contributed by atoms with Gasteiger partial charge in [-0.15, -0.1) is 0 Å². The molecule has 0 saturated carbocycles. The maximum atomic E-state index is 12.5. The minimum absolute atomic E-state index is 0.0461. The van der Waals surface area contributed by atoms with Gasteiger partial charge < -0.3 is 10.2 Å². The number of fused-ring (bicyclic) bond motifs is 3.